The number of hydrogen-bond donors (Lipinski definition) is 1. The highest BCUT2D eigenvalue weighted by Crippen LogP contribution is 2.17. The molecule has 0 bridgehead atoms. The molecule has 0 saturated carbocycles. The largest absolute Gasteiger partial charge is 0.343 e. The van der Waals surface area contributed by atoms with Gasteiger partial charge in [0.05, 0.1) is 11.9 Å². The van der Waals surface area contributed by atoms with Crippen molar-refractivity contribution in [2.24, 2.45) is 5.92 Å². The van der Waals surface area contributed by atoms with Crippen LogP contribution in [0.5, 0.6) is 0 Å². The molecule has 1 saturated heterocycles. The Kier molecular flexibility index (Phi) is 5.75. The molecule has 0 aliphatic carbocycles. The Labute approximate surface area is 147 Å². The first-order valence-corrected chi connectivity index (χ1v) is 9.00. The summed E-state index contributed by atoms with van der Waals surface area (Å²) in [4.78, 5) is 26.7. The van der Waals surface area contributed by atoms with Gasteiger partial charge in [-0.05, 0) is 44.0 Å². The maximum atomic E-state index is 12.4. The number of piperidine rings is 1. The normalized spacial score (nSPS) is 15.6. The molecule has 7 nitrogen and oxygen atoms in total. The molecule has 1 aromatic carbocycles. The second kappa shape index (κ2) is 8.20. The average molecular weight is 343 g/mol. The minimum atomic E-state index is -0.192. The maximum Gasteiger partial charge on any atom is 0.277 e. The molecule has 134 valence electrons. The van der Waals surface area contributed by atoms with E-state index in [2.05, 4.69) is 22.6 Å². The van der Waals surface area contributed by atoms with Crippen molar-refractivity contribution in [3.05, 3.63) is 34.6 Å². The van der Waals surface area contributed by atoms with E-state index in [0.717, 1.165) is 39.0 Å². The second-order valence-electron chi connectivity index (χ2n) is 6.52. The molecule has 0 atom stereocenters. The van der Waals surface area contributed by atoms with Gasteiger partial charge in [0.2, 0.25) is 5.91 Å². The molecule has 1 amide bonds. The van der Waals surface area contributed by atoms with Crippen LogP contribution < -0.4 is 10.9 Å². The van der Waals surface area contributed by atoms with Crippen molar-refractivity contribution in [1.29, 1.82) is 0 Å². The molecular formula is C18H25N5O2. The number of aryl methyl sites for hydroxylation is 1. The summed E-state index contributed by atoms with van der Waals surface area (Å²) in [5.74, 6) is 0.738. The van der Waals surface area contributed by atoms with Gasteiger partial charge in [0, 0.05) is 19.5 Å². The van der Waals surface area contributed by atoms with Crippen LogP contribution in [0.25, 0.3) is 10.9 Å². The van der Waals surface area contributed by atoms with Crippen molar-refractivity contribution in [3.8, 4) is 0 Å². The predicted molar refractivity (Wildman–Crippen MR) is 96.3 cm³/mol. The van der Waals surface area contributed by atoms with Crippen LogP contribution in [0.3, 0.4) is 0 Å². The quantitative estimate of drug-likeness (QED) is 0.847. The van der Waals surface area contributed by atoms with Crippen LogP contribution >= 0.6 is 0 Å². The van der Waals surface area contributed by atoms with Crippen LogP contribution in [0.4, 0.5) is 0 Å². The minimum absolute atomic E-state index is 0.0868. The summed E-state index contributed by atoms with van der Waals surface area (Å²) in [6.07, 6.45) is 2.35. The van der Waals surface area contributed by atoms with Crippen LogP contribution in [0.2, 0.25) is 0 Å². The van der Waals surface area contributed by atoms with Gasteiger partial charge in [-0.15, -0.1) is 5.10 Å². The zero-order chi connectivity index (χ0) is 17.6. The Balaban J connectivity index is 1.55. The van der Waals surface area contributed by atoms with Crippen LogP contribution in [-0.4, -0.2) is 52.0 Å². The number of rotatable bonds is 6. The number of amides is 1. The zero-order valence-corrected chi connectivity index (χ0v) is 14.6. The number of hydrogen-bond acceptors (Lipinski definition) is 5. The molecule has 2 heterocycles. The van der Waals surface area contributed by atoms with Crippen LogP contribution in [0.1, 0.15) is 26.2 Å². The molecule has 25 heavy (non-hydrogen) atoms. The number of fused-ring (bicyclic) bond motifs is 1. The topological polar surface area (TPSA) is 80.1 Å². The van der Waals surface area contributed by atoms with Gasteiger partial charge in [-0.1, -0.05) is 24.3 Å². The van der Waals surface area contributed by atoms with E-state index in [4.69, 9.17) is 0 Å². The van der Waals surface area contributed by atoms with Gasteiger partial charge in [-0.2, -0.15) is 0 Å². The fourth-order valence-corrected chi connectivity index (χ4v) is 3.26. The molecule has 2 aromatic rings. The first-order chi connectivity index (χ1) is 12.2. The first kappa shape index (κ1) is 17.5. The maximum absolute atomic E-state index is 12.4. The molecule has 1 N–H and O–H groups in total. The van der Waals surface area contributed by atoms with Crippen LogP contribution in [0, 0.1) is 5.92 Å². The number of nitrogens with one attached hydrogen (secondary N) is 1. The van der Waals surface area contributed by atoms with E-state index in [9.17, 15) is 9.59 Å². The second-order valence-corrected chi connectivity index (χ2v) is 6.52. The molecule has 1 aromatic heterocycles. The van der Waals surface area contributed by atoms with E-state index in [1.165, 1.54) is 4.68 Å². The summed E-state index contributed by atoms with van der Waals surface area (Å²) < 4.78 is 1.29. The van der Waals surface area contributed by atoms with E-state index < -0.39 is 0 Å². The van der Waals surface area contributed by atoms with Crippen LogP contribution in [0.15, 0.2) is 29.1 Å². The molecule has 3 rings (SSSR count). The smallest absolute Gasteiger partial charge is 0.277 e. The summed E-state index contributed by atoms with van der Waals surface area (Å²) in [5.41, 5.74) is 0.389. The van der Waals surface area contributed by atoms with Gasteiger partial charge in [-0.3, -0.25) is 9.59 Å². The molecule has 0 spiro atoms. The van der Waals surface area contributed by atoms with Gasteiger partial charge in [0.15, 0.2) is 0 Å². The molecule has 1 aliphatic rings. The highest BCUT2D eigenvalue weighted by atomic mass is 16.2. The molecule has 1 aliphatic heterocycles. The Morgan fingerprint density at radius 2 is 2.04 bits per heavy atom. The Bertz CT molecular complexity index is 780. The molecule has 7 heteroatoms. The van der Waals surface area contributed by atoms with Crippen molar-refractivity contribution < 1.29 is 4.79 Å². The summed E-state index contributed by atoms with van der Waals surface area (Å²) in [6.45, 7) is 5.99. The molecule has 1 fully saturated rings. The van der Waals surface area contributed by atoms with E-state index >= 15 is 0 Å². The molecule has 0 radical (unpaired) electrons. The average Bonchev–Trinajstić information content (AvgIpc) is 2.66. The van der Waals surface area contributed by atoms with E-state index in [0.29, 0.717) is 16.8 Å². The van der Waals surface area contributed by atoms with Crippen molar-refractivity contribution in [2.45, 2.75) is 32.7 Å². The fraction of sp³-hybridized carbons (Fsp3) is 0.556. The lowest BCUT2D eigenvalue weighted by molar-refractivity contribution is -0.132. The number of nitrogens with zero attached hydrogens (tertiary/aromatic N) is 4. The van der Waals surface area contributed by atoms with E-state index in [1.807, 2.05) is 11.0 Å². The van der Waals surface area contributed by atoms with Crippen LogP contribution in [-0.2, 0) is 11.3 Å². The van der Waals surface area contributed by atoms with Crippen molar-refractivity contribution in [3.63, 3.8) is 0 Å². The lowest BCUT2D eigenvalue weighted by Crippen LogP contribution is -2.41. The van der Waals surface area contributed by atoms with E-state index in [-0.39, 0.29) is 24.4 Å². The van der Waals surface area contributed by atoms with Gasteiger partial charge in [0.1, 0.15) is 5.52 Å². The molecule has 0 unspecified atom stereocenters. The summed E-state index contributed by atoms with van der Waals surface area (Å²) in [5, 5.41) is 11.9. The number of carbonyl (C=O) groups is 1. The van der Waals surface area contributed by atoms with Gasteiger partial charge in [-0.25, -0.2) is 4.68 Å². The number of carbonyl (C=O) groups excluding carboxylic acids is 1. The summed E-state index contributed by atoms with van der Waals surface area (Å²) in [7, 11) is 0. The van der Waals surface area contributed by atoms with Gasteiger partial charge >= 0.3 is 0 Å². The standard InChI is InChI=1S/C18H25N5O2/c1-2-19-13-14-7-10-22(11-8-14)17(24)9-12-23-18(25)15-5-3-4-6-16(15)20-21-23/h3-6,14,19H,2,7-13H2,1H3. The molecular weight excluding hydrogens is 318 g/mol. The Morgan fingerprint density at radius 3 is 2.80 bits per heavy atom. The third-order valence-corrected chi connectivity index (χ3v) is 4.82. The minimum Gasteiger partial charge on any atom is -0.343 e. The van der Waals surface area contributed by atoms with Crippen molar-refractivity contribution in [1.82, 2.24) is 25.2 Å². The monoisotopic (exact) mass is 343 g/mol. The highest BCUT2D eigenvalue weighted by Gasteiger charge is 2.22. The zero-order valence-electron chi connectivity index (χ0n) is 14.6. The SMILES string of the molecule is CCNCC1CCN(C(=O)CCn2nnc3ccccc3c2=O)CC1. The fourth-order valence-electron chi connectivity index (χ4n) is 3.26. The Hall–Kier alpha value is -2.28. The third kappa shape index (κ3) is 4.22. The van der Waals surface area contributed by atoms with Gasteiger partial charge < -0.3 is 10.2 Å². The van der Waals surface area contributed by atoms with Crippen molar-refractivity contribution >= 4 is 16.8 Å². The first-order valence-electron chi connectivity index (χ1n) is 9.00. The Morgan fingerprint density at radius 1 is 1.28 bits per heavy atom. The number of benzene rings is 1. The number of likely N-dealkylation sites (tertiary alicyclic amines) is 1. The summed E-state index contributed by atoms with van der Waals surface area (Å²) in [6, 6.07) is 7.12. The third-order valence-electron chi connectivity index (χ3n) is 4.82. The van der Waals surface area contributed by atoms with Crippen molar-refractivity contribution in [2.75, 3.05) is 26.2 Å². The lowest BCUT2D eigenvalue weighted by Gasteiger charge is -2.32. The lowest BCUT2D eigenvalue weighted by atomic mass is 9.96. The number of aromatic nitrogens is 3. The van der Waals surface area contributed by atoms with E-state index in [1.54, 1.807) is 18.2 Å². The highest BCUT2D eigenvalue weighted by molar-refractivity contribution is 5.77. The van der Waals surface area contributed by atoms with Gasteiger partial charge in [0.25, 0.3) is 5.56 Å². The summed E-state index contributed by atoms with van der Waals surface area (Å²) >= 11 is 0. The predicted octanol–water partition coefficient (Wildman–Crippen LogP) is 1.03.